The van der Waals surface area contributed by atoms with E-state index in [9.17, 15) is 0 Å². The van der Waals surface area contributed by atoms with Gasteiger partial charge < -0.3 is 10.3 Å². The summed E-state index contributed by atoms with van der Waals surface area (Å²) in [5, 5.41) is 14.0. The van der Waals surface area contributed by atoms with Crippen molar-refractivity contribution in [1.29, 1.82) is 0 Å². The van der Waals surface area contributed by atoms with Gasteiger partial charge in [0.15, 0.2) is 5.82 Å². The van der Waals surface area contributed by atoms with Crippen LogP contribution < -0.4 is 5.73 Å². The van der Waals surface area contributed by atoms with Gasteiger partial charge in [-0.1, -0.05) is 0 Å². The number of aromatic nitrogens is 6. The van der Waals surface area contributed by atoms with Crippen LogP contribution in [-0.2, 0) is 6.54 Å². The van der Waals surface area contributed by atoms with E-state index in [-0.39, 0.29) is 5.95 Å². The van der Waals surface area contributed by atoms with Gasteiger partial charge in [-0.25, -0.2) is 0 Å². The van der Waals surface area contributed by atoms with Crippen molar-refractivity contribution in [3.05, 3.63) is 6.33 Å². The highest BCUT2D eigenvalue weighted by atomic mass is 15.3. The fourth-order valence-corrected chi connectivity index (χ4v) is 1.04. The largest absolute Gasteiger partial charge is 0.366 e. The van der Waals surface area contributed by atoms with Crippen molar-refractivity contribution < 1.29 is 0 Å². The number of hydrogen-bond acceptors (Lipinski definition) is 5. The lowest BCUT2D eigenvalue weighted by Crippen LogP contribution is -1.97. The van der Waals surface area contributed by atoms with Gasteiger partial charge in [-0.3, -0.25) is 5.10 Å². The molecule has 2 heterocycles. The lowest BCUT2D eigenvalue weighted by molar-refractivity contribution is 0.761. The molecule has 0 aromatic carbocycles. The Balaban J connectivity index is 2.45. The number of nitrogens with one attached hydrogen (secondary N) is 1. The van der Waals surface area contributed by atoms with Gasteiger partial charge in [0.1, 0.15) is 6.33 Å². The average molecular weight is 179 g/mol. The molecule has 0 spiro atoms. The first-order chi connectivity index (χ1) is 6.31. The molecule has 0 aliphatic rings. The molecular formula is C6H9N7. The molecular weight excluding hydrogens is 170 g/mol. The molecule has 0 amide bonds. The molecule has 68 valence electrons. The standard InChI is InChI=1S/C6H9N7/c1-2-13-3-8-11-5(13)4-9-6(7)12-10-4/h3H,2H2,1H3,(H3,7,9,10,12). The fraction of sp³-hybridized carbons (Fsp3) is 0.333. The zero-order valence-corrected chi connectivity index (χ0v) is 7.10. The van der Waals surface area contributed by atoms with E-state index in [2.05, 4.69) is 25.4 Å². The number of nitrogen functional groups attached to an aromatic ring is 1. The number of rotatable bonds is 2. The first kappa shape index (κ1) is 7.71. The van der Waals surface area contributed by atoms with Crippen molar-refractivity contribution in [3.63, 3.8) is 0 Å². The Morgan fingerprint density at radius 3 is 3.08 bits per heavy atom. The van der Waals surface area contributed by atoms with Gasteiger partial charge in [0.05, 0.1) is 0 Å². The molecule has 0 saturated heterocycles. The van der Waals surface area contributed by atoms with Gasteiger partial charge in [0.25, 0.3) is 0 Å². The number of anilines is 1. The molecule has 0 bridgehead atoms. The maximum Gasteiger partial charge on any atom is 0.239 e. The van der Waals surface area contributed by atoms with E-state index in [0.29, 0.717) is 11.6 Å². The second kappa shape index (κ2) is 2.85. The zero-order chi connectivity index (χ0) is 9.26. The van der Waals surface area contributed by atoms with Crippen LogP contribution in [-0.4, -0.2) is 29.9 Å². The minimum atomic E-state index is 0.209. The van der Waals surface area contributed by atoms with Gasteiger partial charge in [-0.2, -0.15) is 4.98 Å². The summed E-state index contributed by atoms with van der Waals surface area (Å²) in [6.45, 7) is 2.77. The van der Waals surface area contributed by atoms with Crippen LogP contribution in [0.15, 0.2) is 6.33 Å². The summed E-state index contributed by atoms with van der Waals surface area (Å²) in [5.74, 6) is 1.39. The fourth-order valence-electron chi connectivity index (χ4n) is 1.04. The number of H-pyrrole nitrogens is 1. The minimum absolute atomic E-state index is 0.209. The first-order valence-electron chi connectivity index (χ1n) is 3.87. The second-order valence-corrected chi connectivity index (χ2v) is 2.48. The van der Waals surface area contributed by atoms with E-state index in [4.69, 9.17) is 5.73 Å². The average Bonchev–Trinajstić information content (AvgIpc) is 2.71. The van der Waals surface area contributed by atoms with E-state index in [1.54, 1.807) is 6.33 Å². The van der Waals surface area contributed by atoms with Crippen LogP contribution in [0.2, 0.25) is 0 Å². The van der Waals surface area contributed by atoms with Crippen molar-refractivity contribution in [2.45, 2.75) is 13.5 Å². The molecule has 7 heteroatoms. The predicted molar refractivity (Wildman–Crippen MR) is 45.5 cm³/mol. The van der Waals surface area contributed by atoms with Crippen LogP contribution >= 0.6 is 0 Å². The molecule has 13 heavy (non-hydrogen) atoms. The lowest BCUT2D eigenvalue weighted by atomic mass is 10.5. The number of hydrogen-bond donors (Lipinski definition) is 2. The third kappa shape index (κ3) is 1.24. The molecule has 0 fully saturated rings. The van der Waals surface area contributed by atoms with E-state index in [1.807, 2.05) is 11.5 Å². The van der Waals surface area contributed by atoms with E-state index in [1.165, 1.54) is 0 Å². The summed E-state index contributed by atoms with van der Waals surface area (Å²) in [5.41, 5.74) is 5.37. The summed E-state index contributed by atoms with van der Waals surface area (Å²) in [7, 11) is 0. The number of nitrogens with two attached hydrogens (primary N) is 1. The Hall–Kier alpha value is -1.92. The summed E-state index contributed by atoms with van der Waals surface area (Å²) < 4.78 is 1.85. The maximum absolute atomic E-state index is 5.37. The molecule has 0 aliphatic heterocycles. The van der Waals surface area contributed by atoms with Crippen LogP contribution in [0.3, 0.4) is 0 Å². The smallest absolute Gasteiger partial charge is 0.239 e. The molecule has 2 aromatic rings. The Kier molecular flexibility index (Phi) is 1.69. The lowest BCUT2D eigenvalue weighted by Gasteiger charge is -1.97. The third-order valence-corrected chi connectivity index (χ3v) is 1.67. The summed E-state index contributed by atoms with van der Waals surface area (Å²) in [6.07, 6.45) is 1.63. The van der Waals surface area contributed by atoms with Crippen molar-refractivity contribution in [2.75, 3.05) is 5.73 Å². The Morgan fingerprint density at radius 2 is 2.46 bits per heavy atom. The topological polar surface area (TPSA) is 98.3 Å². The Labute approximate surface area is 74.0 Å². The SMILES string of the molecule is CCn1cnnc1-c1nc(N)n[nH]1. The highest BCUT2D eigenvalue weighted by molar-refractivity contribution is 5.44. The van der Waals surface area contributed by atoms with E-state index < -0.39 is 0 Å². The van der Waals surface area contributed by atoms with Crippen molar-refractivity contribution >= 4 is 5.95 Å². The van der Waals surface area contributed by atoms with Crippen LogP contribution in [0.1, 0.15) is 6.92 Å². The highest BCUT2D eigenvalue weighted by Crippen LogP contribution is 2.10. The molecule has 2 aromatic heterocycles. The quantitative estimate of drug-likeness (QED) is 0.657. The van der Waals surface area contributed by atoms with Crippen LogP contribution in [0, 0.1) is 0 Å². The van der Waals surface area contributed by atoms with Gasteiger partial charge in [0, 0.05) is 6.54 Å². The zero-order valence-electron chi connectivity index (χ0n) is 7.10. The molecule has 2 rings (SSSR count). The van der Waals surface area contributed by atoms with Crippen molar-refractivity contribution in [1.82, 2.24) is 29.9 Å². The highest BCUT2D eigenvalue weighted by Gasteiger charge is 2.09. The molecule has 0 saturated carbocycles. The molecule has 0 atom stereocenters. The van der Waals surface area contributed by atoms with Gasteiger partial charge in [-0.05, 0) is 6.92 Å². The van der Waals surface area contributed by atoms with Crippen molar-refractivity contribution in [3.8, 4) is 11.6 Å². The van der Waals surface area contributed by atoms with E-state index in [0.717, 1.165) is 6.54 Å². The molecule has 0 radical (unpaired) electrons. The van der Waals surface area contributed by atoms with Crippen LogP contribution in [0.4, 0.5) is 5.95 Å². The predicted octanol–water partition coefficient (Wildman–Crippen LogP) is -0.335. The van der Waals surface area contributed by atoms with Crippen LogP contribution in [0.5, 0.6) is 0 Å². The van der Waals surface area contributed by atoms with Crippen molar-refractivity contribution in [2.24, 2.45) is 0 Å². The van der Waals surface area contributed by atoms with E-state index >= 15 is 0 Å². The number of nitrogens with zero attached hydrogens (tertiary/aromatic N) is 5. The normalized spacial score (nSPS) is 10.5. The Bertz CT molecular complexity index is 401. The van der Waals surface area contributed by atoms with Gasteiger partial charge in [0.2, 0.25) is 11.8 Å². The molecule has 0 aliphatic carbocycles. The Morgan fingerprint density at radius 1 is 1.62 bits per heavy atom. The molecule has 0 unspecified atom stereocenters. The summed E-state index contributed by atoms with van der Waals surface area (Å²) in [4.78, 5) is 3.95. The molecule has 7 nitrogen and oxygen atoms in total. The van der Waals surface area contributed by atoms with Gasteiger partial charge >= 0.3 is 0 Å². The summed E-state index contributed by atoms with van der Waals surface area (Å²) >= 11 is 0. The maximum atomic E-state index is 5.37. The minimum Gasteiger partial charge on any atom is -0.366 e. The molecule has 3 N–H and O–H groups in total. The number of aryl methyl sites for hydroxylation is 1. The summed E-state index contributed by atoms with van der Waals surface area (Å²) in [6, 6.07) is 0. The third-order valence-electron chi connectivity index (χ3n) is 1.67. The second-order valence-electron chi connectivity index (χ2n) is 2.48. The monoisotopic (exact) mass is 179 g/mol. The van der Waals surface area contributed by atoms with Gasteiger partial charge in [-0.15, -0.1) is 15.3 Å². The number of aromatic amines is 1. The first-order valence-corrected chi connectivity index (χ1v) is 3.87. The van der Waals surface area contributed by atoms with Crippen LogP contribution in [0.25, 0.3) is 11.6 Å².